The Morgan fingerprint density at radius 1 is 1.44 bits per heavy atom. The van der Waals surface area contributed by atoms with Crippen molar-refractivity contribution in [3.8, 4) is 0 Å². The molecule has 3 heteroatoms. The van der Waals surface area contributed by atoms with Gasteiger partial charge in [0.1, 0.15) is 0 Å². The first kappa shape index (κ1) is 12.3. The van der Waals surface area contributed by atoms with Crippen LogP contribution in [0.25, 0.3) is 0 Å². The molecular weight excluding hydrogens is 242 g/mol. The minimum Gasteiger partial charge on any atom is -1.00 e. The van der Waals surface area contributed by atoms with Crippen LogP contribution in [0.5, 0.6) is 0 Å². The maximum atomic E-state index is 11.9. The first-order chi connectivity index (χ1) is 3.39. The Hall–Kier alpha value is 0.646. The van der Waals surface area contributed by atoms with Crippen molar-refractivity contribution in [2.24, 2.45) is 0 Å². The minimum absolute atomic E-state index is 0. The van der Waals surface area contributed by atoms with Gasteiger partial charge in [0.05, 0.1) is 0 Å². The van der Waals surface area contributed by atoms with Gasteiger partial charge in [-0.2, -0.15) is 18.2 Å². The molecule has 1 aromatic rings. The molecule has 0 aromatic heterocycles. The van der Waals surface area contributed by atoms with E-state index in [9.17, 15) is 4.39 Å². The zero-order chi connectivity index (χ0) is 5.11. The van der Waals surface area contributed by atoms with E-state index in [0.717, 1.165) is 0 Å². The summed E-state index contributed by atoms with van der Waals surface area (Å²) in [5.74, 6) is -0.234. The van der Waals surface area contributed by atoms with Gasteiger partial charge in [0, 0.05) is 5.82 Å². The van der Waals surface area contributed by atoms with Gasteiger partial charge < -0.3 is 24.0 Å². The van der Waals surface area contributed by atoms with Gasteiger partial charge in [0.25, 0.3) is 0 Å². The molecule has 0 nitrogen and oxygen atoms in total. The minimum atomic E-state index is -0.234. The summed E-state index contributed by atoms with van der Waals surface area (Å²) in [5, 5.41) is 0. The maximum Gasteiger partial charge on any atom is 2.00 e. The molecule has 0 aliphatic carbocycles. The third kappa shape index (κ3) is 5.11. The third-order valence-corrected chi connectivity index (χ3v) is 0.669. The van der Waals surface area contributed by atoms with Gasteiger partial charge in [-0.25, -0.2) is 0 Å². The molecule has 0 saturated carbocycles. The van der Waals surface area contributed by atoms with Gasteiger partial charge in [0.15, 0.2) is 0 Å². The van der Waals surface area contributed by atoms with Crippen molar-refractivity contribution in [3.05, 3.63) is 36.1 Å². The zero-order valence-corrected chi connectivity index (χ0v) is 8.34. The molecular formula is C6H4FIMg. The topological polar surface area (TPSA) is 0 Å². The van der Waals surface area contributed by atoms with Crippen LogP contribution in [0.2, 0.25) is 0 Å². The Bertz CT molecular complexity index is 143. The quantitative estimate of drug-likeness (QED) is 0.289. The average molecular weight is 246 g/mol. The second kappa shape index (κ2) is 6.76. The summed E-state index contributed by atoms with van der Waals surface area (Å²) in [7, 11) is 0. The maximum absolute atomic E-state index is 11.9. The fourth-order valence-corrected chi connectivity index (χ4v) is 0.371. The van der Waals surface area contributed by atoms with Crippen LogP contribution in [0, 0.1) is 11.9 Å². The van der Waals surface area contributed by atoms with Crippen molar-refractivity contribution in [3.63, 3.8) is 0 Å². The first-order valence-corrected chi connectivity index (χ1v) is 2.01. The number of hydrogen-bond acceptors (Lipinski definition) is 0. The van der Waals surface area contributed by atoms with Gasteiger partial charge in [-0.3, -0.25) is 4.39 Å². The molecule has 0 radical (unpaired) electrons. The van der Waals surface area contributed by atoms with Crippen LogP contribution in [0.1, 0.15) is 0 Å². The SMILES string of the molecule is Fc1c[c-]ccc1.[I-].[Mg+2]. The van der Waals surface area contributed by atoms with Crippen LogP contribution in [0.4, 0.5) is 4.39 Å². The molecule has 1 aromatic carbocycles. The predicted molar refractivity (Wildman–Crippen MR) is 31.0 cm³/mol. The Balaban J connectivity index is 0. The Morgan fingerprint density at radius 3 is 2.33 bits per heavy atom. The normalized spacial score (nSPS) is 6.78. The molecule has 0 unspecified atom stereocenters. The summed E-state index contributed by atoms with van der Waals surface area (Å²) in [6.07, 6.45) is 0. The first-order valence-electron chi connectivity index (χ1n) is 2.01. The van der Waals surface area contributed by atoms with Crippen LogP contribution >= 0.6 is 0 Å². The molecule has 0 saturated heterocycles. The van der Waals surface area contributed by atoms with Gasteiger partial charge in [-0.1, -0.05) is 0 Å². The molecule has 0 heterocycles. The molecule has 0 atom stereocenters. The Kier molecular flexibility index (Phi) is 9.27. The predicted octanol–water partition coefficient (Wildman–Crippen LogP) is -1.75. The van der Waals surface area contributed by atoms with E-state index in [1.165, 1.54) is 12.1 Å². The largest absolute Gasteiger partial charge is 2.00 e. The number of benzene rings is 1. The van der Waals surface area contributed by atoms with Crippen molar-refractivity contribution < 1.29 is 28.4 Å². The van der Waals surface area contributed by atoms with E-state index in [2.05, 4.69) is 6.07 Å². The molecule has 0 spiro atoms. The number of halogens is 2. The van der Waals surface area contributed by atoms with E-state index in [1.54, 1.807) is 12.1 Å². The molecule has 0 fully saturated rings. The van der Waals surface area contributed by atoms with E-state index < -0.39 is 0 Å². The van der Waals surface area contributed by atoms with E-state index in [4.69, 9.17) is 0 Å². The average Bonchev–Trinajstić information content (AvgIpc) is 1.69. The van der Waals surface area contributed by atoms with E-state index in [0.29, 0.717) is 0 Å². The summed E-state index contributed by atoms with van der Waals surface area (Å²) in [4.78, 5) is 0. The smallest absolute Gasteiger partial charge is 1.00 e. The monoisotopic (exact) mass is 246 g/mol. The summed E-state index contributed by atoms with van der Waals surface area (Å²) >= 11 is 0. The van der Waals surface area contributed by atoms with E-state index >= 15 is 0 Å². The van der Waals surface area contributed by atoms with Crippen LogP contribution in [-0.2, 0) is 0 Å². The summed E-state index contributed by atoms with van der Waals surface area (Å²) in [5.41, 5.74) is 0. The molecule has 0 aliphatic heterocycles. The molecule has 44 valence electrons. The zero-order valence-electron chi connectivity index (χ0n) is 4.77. The van der Waals surface area contributed by atoms with Gasteiger partial charge in [-0.05, 0) is 0 Å². The van der Waals surface area contributed by atoms with Crippen LogP contribution in [-0.4, -0.2) is 23.1 Å². The van der Waals surface area contributed by atoms with Crippen LogP contribution in [0.3, 0.4) is 0 Å². The van der Waals surface area contributed by atoms with E-state index in [1.807, 2.05) is 0 Å². The molecule has 0 N–H and O–H groups in total. The van der Waals surface area contributed by atoms with Gasteiger partial charge >= 0.3 is 23.1 Å². The van der Waals surface area contributed by atoms with Crippen LogP contribution < -0.4 is 24.0 Å². The standard InChI is InChI=1S/C6H4F.HI.Mg/c7-6-4-2-1-3-5-6;;/h1-2,4-5H;1H;/q-1;;+2/p-1. The number of rotatable bonds is 0. The van der Waals surface area contributed by atoms with Gasteiger partial charge in [0.2, 0.25) is 0 Å². The molecule has 0 bridgehead atoms. The fraction of sp³-hybridized carbons (Fsp3) is 0. The molecule has 1 rings (SSSR count). The Labute approximate surface area is 87.0 Å². The van der Waals surface area contributed by atoms with Gasteiger partial charge in [-0.15, -0.1) is 12.1 Å². The second-order valence-electron chi connectivity index (χ2n) is 1.22. The van der Waals surface area contributed by atoms with Crippen molar-refractivity contribution >= 4 is 23.1 Å². The molecule has 0 aliphatic rings. The van der Waals surface area contributed by atoms with Crippen molar-refractivity contribution in [1.82, 2.24) is 0 Å². The van der Waals surface area contributed by atoms with Crippen LogP contribution in [0.15, 0.2) is 24.3 Å². The summed E-state index contributed by atoms with van der Waals surface area (Å²) < 4.78 is 11.9. The molecule has 0 amide bonds. The molecule has 9 heavy (non-hydrogen) atoms. The fourth-order valence-electron chi connectivity index (χ4n) is 0.371. The van der Waals surface area contributed by atoms with Crippen molar-refractivity contribution in [1.29, 1.82) is 0 Å². The van der Waals surface area contributed by atoms with Crippen molar-refractivity contribution in [2.75, 3.05) is 0 Å². The summed E-state index contributed by atoms with van der Waals surface area (Å²) in [6.45, 7) is 0. The number of hydrogen-bond donors (Lipinski definition) is 0. The Morgan fingerprint density at radius 2 is 2.11 bits per heavy atom. The van der Waals surface area contributed by atoms with E-state index in [-0.39, 0.29) is 52.8 Å². The van der Waals surface area contributed by atoms with Crippen molar-refractivity contribution in [2.45, 2.75) is 0 Å². The summed E-state index contributed by atoms with van der Waals surface area (Å²) in [6, 6.07) is 8.53. The second-order valence-corrected chi connectivity index (χ2v) is 1.22. The third-order valence-electron chi connectivity index (χ3n) is 0.669.